The summed E-state index contributed by atoms with van der Waals surface area (Å²) in [5.41, 5.74) is 1.14. The van der Waals surface area contributed by atoms with Gasteiger partial charge in [-0.05, 0) is 38.4 Å². The molecule has 5 heteroatoms. The second-order valence-corrected chi connectivity index (χ2v) is 7.31. The molecule has 0 saturated carbocycles. The minimum absolute atomic E-state index is 0.895. The number of hydrogen-bond acceptors (Lipinski definition) is 5. The van der Waals surface area contributed by atoms with Crippen molar-refractivity contribution in [2.45, 2.75) is 19.8 Å². The Morgan fingerprint density at radius 3 is 2.90 bits per heavy atom. The van der Waals surface area contributed by atoms with Gasteiger partial charge in [0, 0.05) is 23.3 Å². The molecule has 1 aliphatic rings. The Labute approximate surface area is 128 Å². The first-order valence-electron chi connectivity index (χ1n) is 7.12. The minimum Gasteiger partial charge on any atom is -0.379 e. The fourth-order valence-corrected chi connectivity index (χ4v) is 4.13. The molecule has 0 N–H and O–H groups in total. The van der Waals surface area contributed by atoms with Gasteiger partial charge in [-0.3, -0.25) is 4.90 Å². The lowest BCUT2D eigenvalue weighted by Crippen LogP contribution is -2.36. The molecule has 0 amide bonds. The zero-order valence-corrected chi connectivity index (χ0v) is 13.4. The van der Waals surface area contributed by atoms with Crippen LogP contribution in [-0.2, 0) is 11.2 Å². The van der Waals surface area contributed by atoms with Gasteiger partial charge in [-0.25, -0.2) is 4.98 Å². The van der Waals surface area contributed by atoms with Gasteiger partial charge in [-0.2, -0.15) is 0 Å². The SMILES string of the molecule is Cc1nc(-c2ccc(CCCN3CCOCC3)s2)cs1. The Hall–Kier alpha value is -0.750. The van der Waals surface area contributed by atoms with E-state index in [0.29, 0.717) is 0 Å². The molecule has 3 heterocycles. The van der Waals surface area contributed by atoms with Crippen molar-refractivity contribution in [2.24, 2.45) is 0 Å². The van der Waals surface area contributed by atoms with Crippen LogP contribution in [0.5, 0.6) is 0 Å². The second kappa shape index (κ2) is 6.80. The maximum absolute atomic E-state index is 5.37. The van der Waals surface area contributed by atoms with Crippen LogP contribution in [0.2, 0.25) is 0 Å². The van der Waals surface area contributed by atoms with Crippen LogP contribution in [0, 0.1) is 6.92 Å². The molecular formula is C15H20N2OS2. The van der Waals surface area contributed by atoms with Crippen LogP contribution in [0.3, 0.4) is 0 Å². The summed E-state index contributed by atoms with van der Waals surface area (Å²) >= 11 is 3.61. The van der Waals surface area contributed by atoms with Crippen molar-refractivity contribution in [1.82, 2.24) is 9.88 Å². The topological polar surface area (TPSA) is 25.4 Å². The van der Waals surface area contributed by atoms with E-state index in [2.05, 4.69) is 34.3 Å². The molecule has 0 bridgehead atoms. The molecule has 0 aromatic carbocycles. The summed E-state index contributed by atoms with van der Waals surface area (Å²) in [6.45, 7) is 7.22. The maximum Gasteiger partial charge on any atom is 0.0914 e. The summed E-state index contributed by atoms with van der Waals surface area (Å²) in [6.07, 6.45) is 2.40. The van der Waals surface area contributed by atoms with Gasteiger partial charge >= 0.3 is 0 Å². The van der Waals surface area contributed by atoms with E-state index in [1.807, 2.05) is 11.3 Å². The number of thiophene rings is 1. The summed E-state index contributed by atoms with van der Waals surface area (Å²) in [5, 5.41) is 3.29. The van der Waals surface area contributed by atoms with E-state index in [4.69, 9.17) is 4.74 Å². The zero-order chi connectivity index (χ0) is 13.8. The number of morpholine rings is 1. The third-order valence-electron chi connectivity index (χ3n) is 3.53. The Morgan fingerprint density at radius 1 is 1.30 bits per heavy atom. The molecule has 0 unspecified atom stereocenters. The molecule has 1 aliphatic heterocycles. The number of aryl methyl sites for hydroxylation is 2. The van der Waals surface area contributed by atoms with Crippen LogP contribution < -0.4 is 0 Å². The van der Waals surface area contributed by atoms with Crippen LogP contribution >= 0.6 is 22.7 Å². The maximum atomic E-state index is 5.37. The van der Waals surface area contributed by atoms with Gasteiger partial charge in [0.15, 0.2) is 0 Å². The number of rotatable bonds is 5. The van der Waals surface area contributed by atoms with Crippen LogP contribution in [0.25, 0.3) is 10.6 Å². The molecule has 108 valence electrons. The van der Waals surface area contributed by atoms with Crippen LogP contribution in [0.1, 0.15) is 16.3 Å². The quantitative estimate of drug-likeness (QED) is 0.846. The number of thiazole rings is 1. The van der Waals surface area contributed by atoms with Crippen molar-refractivity contribution >= 4 is 22.7 Å². The Balaban J connectivity index is 1.50. The van der Waals surface area contributed by atoms with Crippen molar-refractivity contribution in [3.05, 3.63) is 27.4 Å². The van der Waals surface area contributed by atoms with Crippen molar-refractivity contribution in [2.75, 3.05) is 32.8 Å². The molecule has 20 heavy (non-hydrogen) atoms. The van der Waals surface area contributed by atoms with E-state index in [1.54, 1.807) is 11.3 Å². The van der Waals surface area contributed by atoms with E-state index in [1.165, 1.54) is 29.1 Å². The Bertz CT molecular complexity index is 544. The third kappa shape index (κ3) is 3.67. The Kier molecular flexibility index (Phi) is 4.83. The first-order valence-corrected chi connectivity index (χ1v) is 8.82. The number of ether oxygens (including phenoxy) is 1. The largest absolute Gasteiger partial charge is 0.379 e. The first kappa shape index (κ1) is 14.2. The average Bonchev–Trinajstić information content (AvgIpc) is 3.09. The van der Waals surface area contributed by atoms with E-state index in [0.717, 1.165) is 37.0 Å². The zero-order valence-electron chi connectivity index (χ0n) is 11.8. The van der Waals surface area contributed by atoms with Gasteiger partial charge in [0.2, 0.25) is 0 Å². The number of hydrogen-bond donors (Lipinski definition) is 0. The van der Waals surface area contributed by atoms with Gasteiger partial charge in [-0.1, -0.05) is 0 Å². The highest BCUT2D eigenvalue weighted by Crippen LogP contribution is 2.29. The molecule has 2 aromatic heterocycles. The van der Waals surface area contributed by atoms with E-state index in [9.17, 15) is 0 Å². The van der Waals surface area contributed by atoms with E-state index < -0.39 is 0 Å². The molecule has 2 aromatic rings. The van der Waals surface area contributed by atoms with Crippen LogP contribution in [0.15, 0.2) is 17.5 Å². The number of aromatic nitrogens is 1. The number of nitrogens with zero attached hydrogens (tertiary/aromatic N) is 2. The normalized spacial score (nSPS) is 16.6. The predicted molar refractivity (Wildman–Crippen MR) is 85.7 cm³/mol. The molecule has 0 spiro atoms. The molecule has 3 rings (SSSR count). The molecule has 0 atom stereocenters. The van der Waals surface area contributed by atoms with Crippen molar-refractivity contribution in [3.8, 4) is 10.6 Å². The van der Waals surface area contributed by atoms with E-state index >= 15 is 0 Å². The highest BCUT2D eigenvalue weighted by molar-refractivity contribution is 7.16. The fraction of sp³-hybridized carbons (Fsp3) is 0.533. The molecule has 1 saturated heterocycles. The van der Waals surface area contributed by atoms with Gasteiger partial charge in [0.25, 0.3) is 0 Å². The van der Waals surface area contributed by atoms with Crippen LogP contribution in [0.4, 0.5) is 0 Å². The first-order chi connectivity index (χ1) is 9.81. The molecule has 0 aliphatic carbocycles. The van der Waals surface area contributed by atoms with Crippen LogP contribution in [-0.4, -0.2) is 42.7 Å². The highest BCUT2D eigenvalue weighted by atomic mass is 32.1. The molecule has 1 fully saturated rings. The standard InChI is InChI=1S/C15H20N2OS2/c1-12-16-14(11-19-12)15-5-4-13(20-15)3-2-6-17-7-9-18-10-8-17/h4-5,11H,2-3,6-10H2,1H3. The third-order valence-corrected chi connectivity index (χ3v) is 5.48. The summed E-state index contributed by atoms with van der Waals surface area (Å²) in [5.74, 6) is 0. The van der Waals surface area contributed by atoms with Crippen molar-refractivity contribution < 1.29 is 4.74 Å². The minimum atomic E-state index is 0.895. The summed E-state index contributed by atoms with van der Waals surface area (Å²) in [6, 6.07) is 4.47. The highest BCUT2D eigenvalue weighted by Gasteiger charge is 2.10. The van der Waals surface area contributed by atoms with Gasteiger partial charge in [0.05, 0.1) is 28.8 Å². The lowest BCUT2D eigenvalue weighted by molar-refractivity contribution is 0.0375. The Morgan fingerprint density at radius 2 is 2.15 bits per heavy atom. The van der Waals surface area contributed by atoms with Gasteiger partial charge in [-0.15, -0.1) is 22.7 Å². The van der Waals surface area contributed by atoms with Crippen molar-refractivity contribution in [1.29, 1.82) is 0 Å². The smallest absolute Gasteiger partial charge is 0.0914 e. The van der Waals surface area contributed by atoms with Gasteiger partial charge in [0.1, 0.15) is 0 Å². The van der Waals surface area contributed by atoms with Crippen molar-refractivity contribution in [3.63, 3.8) is 0 Å². The lowest BCUT2D eigenvalue weighted by Gasteiger charge is -2.26. The summed E-state index contributed by atoms with van der Waals surface area (Å²) < 4.78 is 5.37. The predicted octanol–water partition coefficient (Wildman–Crippen LogP) is 3.44. The molecule has 0 radical (unpaired) electrons. The fourth-order valence-electron chi connectivity index (χ4n) is 2.43. The lowest BCUT2D eigenvalue weighted by atomic mass is 10.2. The summed E-state index contributed by atoms with van der Waals surface area (Å²) in [4.78, 5) is 9.83. The molecule has 3 nitrogen and oxygen atoms in total. The summed E-state index contributed by atoms with van der Waals surface area (Å²) in [7, 11) is 0. The van der Waals surface area contributed by atoms with E-state index in [-0.39, 0.29) is 0 Å². The van der Waals surface area contributed by atoms with Gasteiger partial charge < -0.3 is 4.74 Å². The average molecular weight is 308 g/mol. The molecular weight excluding hydrogens is 288 g/mol. The second-order valence-electron chi connectivity index (χ2n) is 5.08. The monoisotopic (exact) mass is 308 g/mol.